The molecule has 0 aliphatic carbocycles. The van der Waals surface area contributed by atoms with Gasteiger partial charge in [0.15, 0.2) is 0 Å². The Balaban J connectivity index is 1.67. The van der Waals surface area contributed by atoms with Crippen molar-refractivity contribution in [2.45, 2.75) is 20.4 Å². The standard InChI is InChI=1S/C21H22N4O2/c1-14-4-5-15(2)19(12-14)24-20(26)18-10-11-22-21(25-18)23-13-16-6-8-17(27-3)9-7-16/h4-12H,13H2,1-3H3,(H,24,26)(H,22,23,25). The molecule has 0 aliphatic rings. The number of aromatic nitrogens is 2. The van der Waals surface area contributed by atoms with Crippen LogP contribution in [0.3, 0.4) is 0 Å². The van der Waals surface area contributed by atoms with Crippen LogP contribution in [0.1, 0.15) is 27.2 Å². The molecule has 3 aromatic rings. The van der Waals surface area contributed by atoms with E-state index in [4.69, 9.17) is 4.74 Å². The number of ether oxygens (including phenoxy) is 1. The number of carbonyl (C=O) groups excluding carboxylic acids is 1. The number of hydrogen-bond donors (Lipinski definition) is 2. The Hall–Kier alpha value is -3.41. The summed E-state index contributed by atoms with van der Waals surface area (Å²) in [5, 5.41) is 6.05. The van der Waals surface area contributed by atoms with Crippen LogP contribution in [0.15, 0.2) is 54.7 Å². The summed E-state index contributed by atoms with van der Waals surface area (Å²) < 4.78 is 5.15. The van der Waals surface area contributed by atoms with Gasteiger partial charge in [0, 0.05) is 18.4 Å². The van der Waals surface area contributed by atoms with Crippen molar-refractivity contribution in [2.75, 3.05) is 17.7 Å². The zero-order valence-electron chi connectivity index (χ0n) is 15.6. The number of carbonyl (C=O) groups is 1. The first kappa shape index (κ1) is 18.4. The summed E-state index contributed by atoms with van der Waals surface area (Å²) >= 11 is 0. The minimum absolute atomic E-state index is 0.265. The van der Waals surface area contributed by atoms with E-state index in [0.717, 1.165) is 28.1 Å². The third-order valence-corrected chi connectivity index (χ3v) is 4.14. The Kier molecular flexibility index (Phi) is 5.66. The number of nitrogens with one attached hydrogen (secondary N) is 2. The van der Waals surface area contributed by atoms with E-state index in [9.17, 15) is 4.79 Å². The van der Waals surface area contributed by atoms with Crippen LogP contribution in [0.25, 0.3) is 0 Å². The highest BCUT2D eigenvalue weighted by Gasteiger charge is 2.11. The average molecular weight is 362 g/mol. The molecule has 0 radical (unpaired) electrons. The van der Waals surface area contributed by atoms with Crippen molar-refractivity contribution in [1.82, 2.24) is 9.97 Å². The lowest BCUT2D eigenvalue weighted by atomic mass is 10.1. The highest BCUT2D eigenvalue weighted by atomic mass is 16.5. The number of benzene rings is 2. The van der Waals surface area contributed by atoms with Gasteiger partial charge >= 0.3 is 0 Å². The lowest BCUT2D eigenvalue weighted by Gasteiger charge is -2.10. The van der Waals surface area contributed by atoms with E-state index in [-0.39, 0.29) is 5.91 Å². The van der Waals surface area contributed by atoms with Crippen molar-refractivity contribution in [3.63, 3.8) is 0 Å². The average Bonchev–Trinajstić information content (AvgIpc) is 2.69. The van der Waals surface area contributed by atoms with Crippen LogP contribution in [0, 0.1) is 13.8 Å². The zero-order chi connectivity index (χ0) is 19.2. The molecule has 138 valence electrons. The highest BCUT2D eigenvalue weighted by molar-refractivity contribution is 6.03. The van der Waals surface area contributed by atoms with Crippen LogP contribution >= 0.6 is 0 Å². The Morgan fingerprint density at radius 1 is 1.07 bits per heavy atom. The maximum atomic E-state index is 12.5. The van der Waals surface area contributed by atoms with E-state index in [1.54, 1.807) is 19.4 Å². The van der Waals surface area contributed by atoms with Crippen LogP contribution in [-0.4, -0.2) is 23.0 Å². The van der Waals surface area contributed by atoms with Gasteiger partial charge in [-0.3, -0.25) is 4.79 Å². The van der Waals surface area contributed by atoms with Gasteiger partial charge in [0.05, 0.1) is 7.11 Å². The molecular weight excluding hydrogens is 340 g/mol. The second-order valence-corrected chi connectivity index (χ2v) is 6.24. The predicted molar refractivity (Wildman–Crippen MR) is 106 cm³/mol. The Morgan fingerprint density at radius 3 is 2.59 bits per heavy atom. The van der Waals surface area contributed by atoms with Crippen LogP contribution in [0.5, 0.6) is 5.75 Å². The molecule has 3 rings (SSSR count). The van der Waals surface area contributed by atoms with Crippen LogP contribution in [-0.2, 0) is 6.54 Å². The molecule has 1 amide bonds. The third-order valence-electron chi connectivity index (χ3n) is 4.14. The summed E-state index contributed by atoms with van der Waals surface area (Å²) in [4.78, 5) is 21.0. The van der Waals surface area contributed by atoms with Gasteiger partial charge in [0.2, 0.25) is 5.95 Å². The molecule has 1 aromatic heterocycles. The molecular formula is C21H22N4O2. The number of rotatable bonds is 6. The monoisotopic (exact) mass is 362 g/mol. The number of methoxy groups -OCH3 is 1. The second-order valence-electron chi connectivity index (χ2n) is 6.24. The van der Waals surface area contributed by atoms with Gasteiger partial charge in [-0.1, -0.05) is 24.3 Å². The summed E-state index contributed by atoms with van der Waals surface area (Å²) in [6, 6.07) is 15.2. The molecule has 27 heavy (non-hydrogen) atoms. The van der Waals surface area contributed by atoms with Crippen molar-refractivity contribution >= 4 is 17.5 Å². The van der Waals surface area contributed by atoms with Gasteiger partial charge in [-0.05, 0) is 54.8 Å². The Labute approximate surface area is 158 Å². The molecule has 0 aliphatic heterocycles. The first-order valence-electron chi connectivity index (χ1n) is 8.63. The van der Waals surface area contributed by atoms with Gasteiger partial charge in [-0.2, -0.15) is 0 Å². The highest BCUT2D eigenvalue weighted by Crippen LogP contribution is 2.17. The normalized spacial score (nSPS) is 10.3. The molecule has 0 fully saturated rings. The van der Waals surface area contributed by atoms with E-state index < -0.39 is 0 Å². The summed E-state index contributed by atoms with van der Waals surface area (Å²) in [5.74, 6) is 0.943. The lowest BCUT2D eigenvalue weighted by molar-refractivity contribution is 0.102. The number of aryl methyl sites for hydroxylation is 2. The topological polar surface area (TPSA) is 76.1 Å². The fourth-order valence-electron chi connectivity index (χ4n) is 2.55. The zero-order valence-corrected chi connectivity index (χ0v) is 15.6. The number of amides is 1. The molecule has 6 nitrogen and oxygen atoms in total. The molecule has 1 heterocycles. The predicted octanol–water partition coefficient (Wildman–Crippen LogP) is 3.97. The van der Waals surface area contributed by atoms with E-state index in [1.165, 1.54) is 0 Å². The second kappa shape index (κ2) is 8.31. The summed E-state index contributed by atoms with van der Waals surface area (Å²) in [6.45, 7) is 4.49. The maximum Gasteiger partial charge on any atom is 0.274 e. The Morgan fingerprint density at radius 2 is 1.85 bits per heavy atom. The van der Waals surface area contributed by atoms with Gasteiger partial charge < -0.3 is 15.4 Å². The molecule has 0 unspecified atom stereocenters. The smallest absolute Gasteiger partial charge is 0.274 e. The molecule has 0 spiro atoms. The van der Waals surface area contributed by atoms with Crippen molar-refractivity contribution in [1.29, 1.82) is 0 Å². The van der Waals surface area contributed by atoms with Crippen LogP contribution < -0.4 is 15.4 Å². The minimum atomic E-state index is -0.265. The summed E-state index contributed by atoms with van der Waals surface area (Å²) in [6.07, 6.45) is 1.57. The Bertz CT molecular complexity index is 939. The largest absolute Gasteiger partial charge is 0.497 e. The van der Waals surface area contributed by atoms with Gasteiger partial charge in [0.25, 0.3) is 5.91 Å². The fourth-order valence-corrected chi connectivity index (χ4v) is 2.55. The van der Waals surface area contributed by atoms with Crippen molar-refractivity contribution < 1.29 is 9.53 Å². The third kappa shape index (κ3) is 4.82. The van der Waals surface area contributed by atoms with Gasteiger partial charge in [-0.25, -0.2) is 9.97 Å². The maximum absolute atomic E-state index is 12.5. The van der Waals surface area contributed by atoms with Crippen LogP contribution in [0.4, 0.5) is 11.6 Å². The number of anilines is 2. The lowest BCUT2D eigenvalue weighted by Crippen LogP contribution is -2.16. The summed E-state index contributed by atoms with van der Waals surface area (Å²) in [5.41, 5.74) is 4.24. The van der Waals surface area contributed by atoms with Crippen molar-refractivity contribution in [3.8, 4) is 5.75 Å². The molecule has 6 heteroatoms. The van der Waals surface area contributed by atoms with E-state index in [0.29, 0.717) is 18.2 Å². The molecule has 0 bridgehead atoms. The molecule has 2 aromatic carbocycles. The fraction of sp³-hybridized carbons (Fsp3) is 0.190. The first-order chi connectivity index (χ1) is 13.0. The minimum Gasteiger partial charge on any atom is -0.497 e. The number of nitrogens with zero attached hydrogens (tertiary/aromatic N) is 2. The molecule has 2 N–H and O–H groups in total. The molecule has 0 saturated heterocycles. The van der Waals surface area contributed by atoms with Crippen LogP contribution in [0.2, 0.25) is 0 Å². The SMILES string of the molecule is COc1ccc(CNc2nccc(C(=O)Nc3cc(C)ccc3C)n2)cc1. The first-order valence-corrected chi connectivity index (χ1v) is 8.63. The van der Waals surface area contributed by atoms with Crippen molar-refractivity contribution in [2.24, 2.45) is 0 Å². The van der Waals surface area contributed by atoms with E-state index in [2.05, 4.69) is 20.6 Å². The van der Waals surface area contributed by atoms with E-state index >= 15 is 0 Å². The molecule has 0 saturated carbocycles. The quantitative estimate of drug-likeness (QED) is 0.694. The van der Waals surface area contributed by atoms with Crippen molar-refractivity contribution in [3.05, 3.63) is 77.1 Å². The van der Waals surface area contributed by atoms with Gasteiger partial charge in [-0.15, -0.1) is 0 Å². The van der Waals surface area contributed by atoms with E-state index in [1.807, 2.05) is 56.3 Å². The number of hydrogen-bond acceptors (Lipinski definition) is 5. The summed E-state index contributed by atoms with van der Waals surface area (Å²) in [7, 11) is 1.63. The van der Waals surface area contributed by atoms with Gasteiger partial charge in [0.1, 0.15) is 11.4 Å². The molecule has 0 atom stereocenters.